The fraction of sp³-hybridized carbons (Fsp3) is 0.407. The zero-order valence-corrected chi connectivity index (χ0v) is 21.5. The Morgan fingerprint density at radius 1 is 1.18 bits per heavy atom. The van der Waals surface area contributed by atoms with Gasteiger partial charge in [-0.2, -0.15) is 0 Å². The van der Waals surface area contributed by atoms with Crippen LogP contribution in [0.1, 0.15) is 29.6 Å². The number of aryl methyl sites for hydroxylation is 1. The molecule has 2 saturated heterocycles. The Kier molecular flexibility index (Phi) is 6.02. The molecule has 10 nitrogen and oxygen atoms in total. The van der Waals surface area contributed by atoms with E-state index in [9.17, 15) is 14.4 Å². The smallest absolute Gasteiger partial charge is 0.259 e. The molecule has 1 aromatic carbocycles. The monoisotopic (exact) mass is 519 g/mol. The van der Waals surface area contributed by atoms with Crippen LogP contribution in [0.15, 0.2) is 35.1 Å². The number of pyridine rings is 2. The van der Waals surface area contributed by atoms with Crippen LogP contribution in [0.2, 0.25) is 0 Å². The van der Waals surface area contributed by atoms with Crippen molar-refractivity contribution in [3.63, 3.8) is 0 Å². The number of hydrogen-bond donors (Lipinski definition) is 2. The van der Waals surface area contributed by atoms with E-state index in [1.54, 1.807) is 20.9 Å². The van der Waals surface area contributed by atoms with Gasteiger partial charge < -0.3 is 25.0 Å². The molecule has 0 radical (unpaired) electrons. The predicted molar refractivity (Wildman–Crippen MR) is 143 cm³/mol. The normalized spacial score (nSPS) is 18.6. The number of amides is 2. The Hall–Kier alpha value is -3.99. The molecular formula is C27H30FN7O3. The van der Waals surface area contributed by atoms with Gasteiger partial charge in [0.1, 0.15) is 11.2 Å². The minimum Gasteiger partial charge on any atom is -0.353 e. The van der Waals surface area contributed by atoms with Gasteiger partial charge in [-0.25, -0.2) is 9.37 Å². The van der Waals surface area contributed by atoms with Crippen LogP contribution < -0.4 is 21.0 Å². The standard InChI is InChI=1S/C27H30FN7O3/c1-32-12-5-6-16(32)9-10-30-26(38)22-23(37)17-14-18(28)25(34-13-11-29-21(36)15-34)31-24(17)35-20-8-4-3-7-19(20)33(2)27(22)35/h3-4,7-8,14,16H,5-6,9-13,15H2,1-2H3,(H,29,36)(H,30,38). The van der Waals surface area contributed by atoms with Crippen LogP contribution in [0.25, 0.3) is 27.7 Å². The van der Waals surface area contributed by atoms with Crippen molar-refractivity contribution < 1.29 is 14.0 Å². The van der Waals surface area contributed by atoms with Gasteiger partial charge in [0.05, 0.1) is 23.0 Å². The lowest BCUT2D eigenvalue weighted by molar-refractivity contribution is -0.120. The highest BCUT2D eigenvalue weighted by Gasteiger charge is 2.28. The zero-order valence-electron chi connectivity index (χ0n) is 21.5. The van der Waals surface area contributed by atoms with Gasteiger partial charge >= 0.3 is 0 Å². The van der Waals surface area contributed by atoms with Crippen LogP contribution in [-0.2, 0) is 11.8 Å². The van der Waals surface area contributed by atoms with Gasteiger partial charge in [-0.1, -0.05) is 12.1 Å². The molecule has 0 bridgehead atoms. The molecule has 2 N–H and O–H groups in total. The maximum atomic E-state index is 15.4. The summed E-state index contributed by atoms with van der Waals surface area (Å²) in [4.78, 5) is 47.7. The molecule has 1 atom stereocenters. The Bertz CT molecular complexity index is 1660. The van der Waals surface area contributed by atoms with Crippen LogP contribution in [-0.4, -0.2) is 76.5 Å². The lowest BCUT2D eigenvalue weighted by atomic mass is 10.1. The Labute approximate surface area is 218 Å². The lowest BCUT2D eigenvalue weighted by Crippen LogP contribution is -2.48. The van der Waals surface area contributed by atoms with Crippen molar-refractivity contribution in [2.75, 3.05) is 44.7 Å². The largest absolute Gasteiger partial charge is 0.353 e. The molecule has 38 heavy (non-hydrogen) atoms. The predicted octanol–water partition coefficient (Wildman–Crippen LogP) is 1.63. The Morgan fingerprint density at radius 3 is 2.71 bits per heavy atom. The van der Waals surface area contributed by atoms with E-state index in [0.717, 1.165) is 42.9 Å². The number of anilines is 1. The molecule has 11 heteroatoms. The van der Waals surface area contributed by atoms with Crippen molar-refractivity contribution in [2.45, 2.75) is 25.3 Å². The van der Waals surface area contributed by atoms with Crippen molar-refractivity contribution >= 4 is 45.3 Å². The summed E-state index contributed by atoms with van der Waals surface area (Å²) in [6.07, 6.45) is 3.02. The summed E-state index contributed by atoms with van der Waals surface area (Å²) in [5, 5.41) is 5.68. The highest BCUT2D eigenvalue weighted by Crippen LogP contribution is 2.28. The average molecular weight is 520 g/mol. The summed E-state index contributed by atoms with van der Waals surface area (Å²) in [7, 11) is 3.88. The molecule has 198 valence electrons. The minimum atomic E-state index is -0.708. The van der Waals surface area contributed by atoms with Crippen molar-refractivity contribution in [3.8, 4) is 0 Å². The van der Waals surface area contributed by atoms with Crippen molar-refractivity contribution in [1.29, 1.82) is 0 Å². The van der Waals surface area contributed by atoms with E-state index in [0.29, 0.717) is 31.3 Å². The number of carbonyl (C=O) groups is 2. The van der Waals surface area contributed by atoms with Crippen LogP contribution in [0.3, 0.4) is 0 Å². The number of nitrogens with zero attached hydrogens (tertiary/aromatic N) is 5. The summed E-state index contributed by atoms with van der Waals surface area (Å²) in [5.41, 5.74) is 1.55. The van der Waals surface area contributed by atoms with Gasteiger partial charge in [0.2, 0.25) is 11.3 Å². The number of likely N-dealkylation sites (tertiary alicyclic amines) is 1. The van der Waals surface area contributed by atoms with E-state index >= 15 is 4.39 Å². The highest BCUT2D eigenvalue weighted by atomic mass is 19.1. The van der Waals surface area contributed by atoms with Gasteiger partial charge in [-0.05, 0) is 51.1 Å². The van der Waals surface area contributed by atoms with E-state index in [4.69, 9.17) is 0 Å². The third-order valence-corrected chi connectivity index (χ3v) is 7.86. The van der Waals surface area contributed by atoms with E-state index in [2.05, 4.69) is 27.6 Å². The van der Waals surface area contributed by atoms with E-state index < -0.39 is 17.2 Å². The number of aromatic nitrogens is 3. The first-order chi connectivity index (χ1) is 18.3. The number of nitrogens with one attached hydrogen (secondary N) is 2. The number of rotatable bonds is 5. The van der Waals surface area contributed by atoms with Crippen molar-refractivity contribution in [1.82, 2.24) is 29.5 Å². The molecule has 2 fully saturated rings. The number of hydrogen-bond acceptors (Lipinski definition) is 6. The molecule has 2 aliphatic rings. The molecular weight excluding hydrogens is 489 g/mol. The Balaban J connectivity index is 1.52. The fourth-order valence-corrected chi connectivity index (χ4v) is 5.88. The topological polar surface area (TPSA) is 104 Å². The number of para-hydroxylation sites is 2. The first-order valence-corrected chi connectivity index (χ1v) is 13.0. The molecule has 2 aliphatic heterocycles. The number of benzene rings is 1. The third-order valence-electron chi connectivity index (χ3n) is 7.86. The molecule has 2 amide bonds. The molecule has 1 unspecified atom stereocenters. The van der Waals surface area contributed by atoms with E-state index in [1.165, 1.54) is 0 Å². The van der Waals surface area contributed by atoms with Gasteiger partial charge in [-0.15, -0.1) is 0 Å². The maximum absolute atomic E-state index is 15.4. The van der Waals surface area contributed by atoms with Gasteiger partial charge in [0.15, 0.2) is 17.3 Å². The minimum absolute atomic E-state index is 0.00590. The summed E-state index contributed by atoms with van der Waals surface area (Å²) in [5.74, 6) is -1.41. The maximum Gasteiger partial charge on any atom is 0.259 e. The molecule has 3 aromatic heterocycles. The van der Waals surface area contributed by atoms with E-state index in [1.807, 2.05) is 24.3 Å². The lowest BCUT2D eigenvalue weighted by Gasteiger charge is -2.28. The van der Waals surface area contributed by atoms with Crippen LogP contribution in [0, 0.1) is 5.82 Å². The average Bonchev–Trinajstić information content (AvgIpc) is 3.44. The second kappa shape index (κ2) is 9.39. The molecule has 6 rings (SSSR count). The fourth-order valence-electron chi connectivity index (χ4n) is 5.88. The van der Waals surface area contributed by atoms with Gasteiger partial charge in [-0.3, -0.25) is 18.8 Å². The second-order valence-corrected chi connectivity index (χ2v) is 10.2. The zero-order chi connectivity index (χ0) is 26.6. The van der Waals surface area contributed by atoms with Crippen molar-refractivity contribution in [2.24, 2.45) is 7.05 Å². The van der Waals surface area contributed by atoms with Crippen LogP contribution in [0.4, 0.5) is 10.2 Å². The quantitative estimate of drug-likeness (QED) is 0.416. The molecule has 4 aromatic rings. The summed E-state index contributed by atoms with van der Waals surface area (Å²) < 4.78 is 18.9. The van der Waals surface area contributed by atoms with Crippen LogP contribution >= 0.6 is 0 Å². The SMILES string of the molecule is CN1CCCC1CCNC(=O)c1c(=O)c2cc(F)c(N3CCNC(=O)C3)nc2n2c3ccccc3n(C)c12. The number of fused-ring (bicyclic) bond motifs is 5. The summed E-state index contributed by atoms with van der Waals surface area (Å²) in [6.45, 7) is 2.22. The third kappa shape index (κ3) is 3.89. The van der Waals surface area contributed by atoms with Crippen LogP contribution in [0.5, 0.6) is 0 Å². The number of imidazole rings is 1. The van der Waals surface area contributed by atoms with E-state index in [-0.39, 0.29) is 34.9 Å². The second-order valence-electron chi connectivity index (χ2n) is 10.2. The summed E-state index contributed by atoms with van der Waals surface area (Å²) in [6, 6.07) is 9.07. The van der Waals surface area contributed by atoms with Crippen molar-refractivity contribution in [3.05, 3.63) is 51.9 Å². The van der Waals surface area contributed by atoms with Gasteiger partial charge in [0, 0.05) is 32.7 Å². The highest BCUT2D eigenvalue weighted by molar-refractivity contribution is 6.06. The van der Waals surface area contributed by atoms with Gasteiger partial charge in [0.25, 0.3) is 5.91 Å². The number of halogens is 1. The first kappa shape index (κ1) is 24.4. The molecule has 0 spiro atoms. The molecule has 5 heterocycles. The first-order valence-electron chi connectivity index (χ1n) is 13.0. The molecule has 0 aliphatic carbocycles. The number of carbonyl (C=O) groups excluding carboxylic acids is 2. The number of piperazine rings is 1. The Morgan fingerprint density at radius 2 is 1.97 bits per heavy atom. The summed E-state index contributed by atoms with van der Waals surface area (Å²) >= 11 is 0. The molecule has 0 saturated carbocycles.